The molecule has 1 N–H and O–H groups in total. The minimum absolute atomic E-state index is 0. The first-order valence-corrected chi connectivity index (χ1v) is 16.9. The number of carbonyl (C=O) groups is 2. The van der Waals surface area contributed by atoms with Crippen molar-refractivity contribution in [2.75, 3.05) is 72.2 Å². The lowest BCUT2D eigenvalue weighted by Crippen LogP contribution is -2.43. The Balaban J connectivity index is 0.000000431. The molecule has 0 bridgehead atoms. The number of morpholine rings is 2. The molecule has 8 nitrogen and oxygen atoms in total. The van der Waals surface area contributed by atoms with E-state index in [0.717, 1.165) is 129 Å². The third-order valence-electron chi connectivity index (χ3n) is 8.54. The van der Waals surface area contributed by atoms with Gasteiger partial charge in [-0.05, 0) is 76.2 Å². The third-order valence-corrected chi connectivity index (χ3v) is 8.54. The molecule has 0 saturated carbocycles. The molecule has 2 unspecified atom stereocenters. The van der Waals surface area contributed by atoms with E-state index >= 15 is 0 Å². The molecule has 3 aliphatic rings. The highest BCUT2D eigenvalue weighted by atomic mass is 16.5. The van der Waals surface area contributed by atoms with E-state index in [0.29, 0.717) is 17.9 Å². The van der Waals surface area contributed by atoms with Gasteiger partial charge in [0, 0.05) is 57.2 Å². The van der Waals surface area contributed by atoms with Crippen LogP contribution in [-0.4, -0.2) is 105 Å². The number of pyridine rings is 1. The molecule has 0 aromatic carbocycles. The lowest BCUT2D eigenvalue weighted by Gasteiger charge is -2.29. The van der Waals surface area contributed by atoms with Gasteiger partial charge in [-0.1, -0.05) is 53.4 Å². The SMILES string of the molecule is C.C.CCC#Cc1ccnc(C(=O)CCCCN2CCOCC2)c1.CCCC1CCNC(C(=O)CCCCN2CCOCC2)C1. The van der Waals surface area contributed by atoms with Crippen molar-refractivity contribution in [3.63, 3.8) is 0 Å². The number of ketones is 2. The van der Waals surface area contributed by atoms with Gasteiger partial charge in [-0.3, -0.25) is 24.4 Å². The molecule has 4 heterocycles. The molecular formula is C37H64N4O4. The first-order chi connectivity index (χ1) is 21.1. The number of ether oxygens (including phenoxy) is 2. The van der Waals surface area contributed by atoms with Crippen LogP contribution >= 0.6 is 0 Å². The number of aromatic nitrogens is 1. The van der Waals surface area contributed by atoms with Crippen LogP contribution in [0.3, 0.4) is 0 Å². The summed E-state index contributed by atoms with van der Waals surface area (Å²) in [6.07, 6.45) is 12.7. The van der Waals surface area contributed by atoms with Crippen LogP contribution < -0.4 is 5.32 Å². The lowest BCUT2D eigenvalue weighted by atomic mass is 9.86. The number of Topliss-reactive ketones (excluding diaryl/α,β-unsaturated/α-hetero) is 2. The molecule has 256 valence electrons. The van der Waals surface area contributed by atoms with Gasteiger partial charge >= 0.3 is 0 Å². The number of nitrogens with zero attached hydrogens (tertiary/aromatic N) is 3. The Morgan fingerprint density at radius 3 is 2.16 bits per heavy atom. The number of hydrogen-bond acceptors (Lipinski definition) is 8. The lowest BCUT2D eigenvalue weighted by molar-refractivity contribution is -0.122. The van der Waals surface area contributed by atoms with Crippen LogP contribution in [0.1, 0.15) is 115 Å². The Hall–Kier alpha value is -2.15. The maximum absolute atomic E-state index is 12.3. The van der Waals surface area contributed by atoms with Crippen molar-refractivity contribution >= 4 is 11.6 Å². The third kappa shape index (κ3) is 16.8. The zero-order chi connectivity index (χ0) is 30.5. The van der Waals surface area contributed by atoms with E-state index in [2.05, 4.69) is 38.9 Å². The first-order valence-electron chi connectivity index (χ1n) is 16.9. The highest BCUT2D eigenvalue weighted by molar-refractivity contribution is 5.94. The molecule has 8 heteroatoms. The van der Waals surface area contributed by atoms with Crippen LogP contribution in [0.2, 0.25) is 0 Å². The minimum atomic E-state index is 0. The Bertz CT molecular complexity index is 994. The van der Waals surface area contributed by atoms with Crippen molar-refractivity contribution in [3.8, 4) is 11.8 Å². The van der Waals surface area contributed by atoms with Gasteiger partial charge < -0.3 is 14.8 Å². The molecule has 4 rings (SSSR count). The monoisotopic (exact) mass is 628 g/mol. The van der Waals surface area contributed by atoms with Gasteiger partial charge in [-0.25, -0.2) is 0 Å². The smallest absolute Gasteiger partial charge is 0.181 e. The van der Waals surface area contributed by atoms with Crippen LogP contribution in [-0.2, 0) is 14.3 Å². The number of hydrogen-bond donors (Lipinski definition) is 1. The molecule has 3 saturated heterocycles. The van der Waals surface area contributed by atoms with Crippen LogP contribution in [0, 0.1) is 17.8 Å². The fourth-order valence-corrected chi connectivity index (χ4v) is 5.97. The van der Waals surface area contributed by atoms with Crippen LogP contribution in [0.5, 0.6) is 0 Å². The summed E-state index contributed by atoms with van der Waals surface area (Å²) in [7, 11) is 0. The summed E-state index contributed by atoms with van der Waals surface area (Å²) >= 11 is 0. The van der Waals surface area contributed by atoms with Crippen molar-refractivity contribution < 1.29 is 19.1 Å². The van der Waals surface area contributed by atoms with E-state index in [1.807, 2.05) is 13.0 Å². The number of piperidine rings is 1. The van der Waals surface area contributed by atoms with Gasteiger partial charge in [0.15, 0.2) is 5.78 Å². The molecule has 0 radical (unpaired) electrons. The summed E-state index contributed by atoms with van der Waals surface area (Å²) in [6, 6.07) is 3.78. The summed E-state index contributed by atoms with van der Waals surface area (Å²) < 4.78 is 10.7. The second-order valence-electron chi connectivity index (χ2n) is 12.0. The number of carbonyl (C=O) groups excluding carboxylic acids is 2. The average Bonchev–Trinajstić information content (AvgIpc) is 3.05. The highest BCUT2D eigenvalue weighted by Crippen LogP contribution is 2.22. The van der Waals surface area contributed by atoms with E-state index in [1.54, 1.807) is 12.3 Å². The Morgan fingerprint density at radius 1 is 0.933 bits per heavy atom. The van der Waals surface area contributed by atoms with Crippen molar-refractivity contribution in [2.45, 2.75) is 105 Å². The maximum atomic E-state index is 12.3. The topological polar surface area (TPSA) is 84.0 Å². The molecule has 45 heavy (non-hydrogen) atoms. The Morgan fingerprint density at radius 2 is 1.56 bits per heavy atom. The van der Waals surface area contributed by atoms with Crippen LogP contribution in [0.4, 0.5) is 0 Å². The van der Waals surface area contributed by atoms with Gasteiger partial charge in [-0.15, -0.1) is 0 Å². The second kappa shape index (κ2) is 25.0. The summed E-state index contributed by atoms with van der Waals surface area (Å²) in [5.41, 5.74) is 1.41. The average molecular weight is 629 g/mol. The molecule has 3 fully saturated rings. The molecule has 1 aromatic rings. The fourth-order valence-electron chi connectivity index (χ4n) is 5.97. The highest BCUT2D eigenvalue weighted by Gasteiger charge is 2.25. The molecule has 0 spiro atoms. The summed E-state index contributed by atoms with van der Waals surface area (Å²) in [5.74, 6) is 7.37. The predicted molar refractivity (Wildman–Crippen MR) is 186 cm³/mol. The van der Waals surface area contributed by atoms with Crippen molar-refractivity contribution in [2.24, 2.45) is 5.92 Å². The van der Waals surface area contributed by atoms with Crippen LogP contribution in [0.15, 0.2) is 18.3 Å². The number of rotatable bonds is 14. The first kappa shape index (κ1) is 40.9. The molecule has 1 aromatic heterocycles. The van der Waals surface area contributed by atoms with Gasteiger partial charge in [0.2, 0.25) is 0 Å². The molecular weight excluding hydrogens is 564 g/mol. The summed E-state index contributed by atoms with van der Waals surface area (Å²) in [5, 5.41) is 3.42. The van der Waals surface area contributed by atoms with E-state index in [4.69, 9.17) is 9.47 Å². The van der Waals surface area contributed by atoms with Crippen molar-refractivity contribution in [1.82, 2.24) is 20.1 Å². The molecule has 3 aliphatic heterocycles. The number of unbranched alkanes of at least 4 members (excludes halogenated alkanes) is 2. The standard InChI is InChI=1S/C18H24N2O2.C17H32N2O2.2CH4/c1-2-3-6-16-8-9-19-17(15-16)18(21)7-4-5-10-20-11-13-22-14-12-20;1-2-5-15-7-8-18-16(14-15)17(20)6-3-4-9-19-10-12-21-13-11-19;;/h8-9,15H,2,4-5,7,10-14H2,1H3;15-16,18H,2-14H2,1H3;2*1H4. The van der Waals surface area contributed by atoms with Crippen molar-refractivity contribution in [1.29, 1.82) is 0 Å². The zero-order valence-corrected chi connectivity index (χ0v) is 26.9. The number of nitrogens with one attached hydrogen (secondary N) is 1. The van der Waals surface area contributed by atoms with E-state index < -0.39 is 0 Å². The van der Waals surface area contributed by atoms with Gasteiger partial charge in [0.25, 0.3) is 0 Å². The van der Waals surface area contributed by atoms with Crippen LogP contribution in [0.25, 0.3) is 0 Å². The fraction of sp³-hybridized carbons (Fsp3) is 0.757. The minimum Gasteiger partial charge on any atom is -0.379 e. The van der Waals surface area contributed by atoms with Gasteiger partial charge in [0.05, 0.1) is 32.5 Å². The molecule has 0 amide bonds. The van der Waals surface area contributed by atoms with Gasteiger partial charge in [0.1, 0.15) is 11.5 Å². The summed E-state index contributed by atoms with van der Waals surface area (Å²) in [4.78, 5) is 33.5. The second-order valence-corrected chi connectivity index (χ2v) is 12.0. The largest absolute Gasteiger partial charge is 0.379 e. The van der Waals surface area contributed by atoms with E-state index in [-0.39, 0.29) is 26.7 Å². The Labute approximate surface area is 275 Å². The Kier molecular flexibility index (Phi) is 22.7. The maximum Gasteiger partial charge on any atom is 0.181 e. The molecule has 0 aliphatic carbocycles. The van der Waals surface area contributed by atoms with E-state index in [9.17, 15) is 9.59 Å². The van der Waals surface area contributed by atoms with Gasteiger partial charge in [-0.2, -0.15) is 0 Å². The predicted octanol–water partition coefficient (Wildman–Crippen LogP) is 6.03. The zero-order valence-electron chi connectivity index (χ0n) is 26.9. The quantitative estimate of drug-likeness (QED) is 0.152. The summed E-state index contributed by atoms with van der Waals surface area (Å²) in [6.45, 7) is 14.9. The van der Waals surface area contributed by atoms with E-state index in [1.165, 1.54) is 19.3 Å². The molecule has 2 atom stereocenters. The van der Waals surface area contributed by atoms with Crippen molar-refractivity contribution in [3.05, 3.63) is 29.6 Å². The normalized spacial score (nSPS) is 20.3.